The van der Waals surface area contributed by atoms with Crippen LogP contribution in [0.15, 0.2) is 11.4 Å². The van der Waals surface area contributed by atoms with Crippen molar-refractivity contribution in [2.45, 2.75) is 26.3 Å². The Kier molecular flexibility index (Phi) is 5.44. The molecule has 0 radical (unpaired) electrons. The molecule has 0 bridgehead atoms. The normalized spacial score (nSPS) is 10.3. The third-order valence-corrected chi connectivity index (χ3v) is 4.36. The Balaban J connectivity index is 1.98. The molecule has 5 nitrogen and oxygen atoms in total. The predicted octanol–water partition coefficient (Wildman–Crippen LogP) is 1.96. The van der Waals surface area contributed by atoms with Crippen LogP contribution in [0.25, 0.3) is 0 Å². The van der Waals surface area contributed by atoms with Crippen molar-refractivity contribution < 1.29 is 4.79 Å². The minimum atomic E-state index is -0.128. The van der Waals surface area contributed by atoms with Gasteiger partial charge < -0.3 is 11.1 Å². The van der Waals surface area contributed by atoms with Gasteiger partial charge in [0.1, 0.15) is 4.88 Å². The summed E-state index contributed by atoms with van der Waals surface area (Å²) in [6.07, 6.45) is 0. The molecular weight excluding hydrogens is 304 g/mol. The summed E-state index contributed by atoms with van der Waals surface area (Å²) < 4.78 is 3.86. The lowest BCUT2D eigenvalue weighted by Crippen LogP contribution is -2.22. The Morgan fingerprint density at radius 3 is 3.05 bits per heavy atom. The molecule has 2 aromatic heterocycles. The lowest BCUT2D eigenvalue weighted by Gasteiger charge is -2.04. The van der Waals surface area contributed by atoms with Gasteiger partial charge in [0.05, 0.1) is 18.8 Å². The van der Waals surface area contributed by atoms with Gasteiger partial charge in [-0.15, -0.1) is 16.4 Å². The van der Waals surface area contributed by atoms with Crippen molar-refractivity contribution in [3.63, 3.8) is 0 Å². The van der Waals surface area contributed by atoms with Crippen LogP contribution in [-0.4, -0.2) is 22.0 Å². The second-order valence-electron chi connectivity index (χ2n) is 4.63. The third-order valence-electron chi connectivity index (χ3n) is 2.68. The van der Waals surface area contributed by atoms with Crippen LogP contribution in [0.1, 0.15) is 45.6 Å². The SMILES string of the molecule is CC(C)c1nnsc1C(=O)NCc1cc(C#CCN)cs1. The molecule has 2 heterocycles. The average molecular weight is 320 g/mol. The van der Waals surface area contributed by atoms with E-state index >= 15 is 0 Å². The number of hydrogen-bond acceptors (Lipinski definition) is 6. The average Bonchev–Trinajstić information content (AvgIpc) is 3.11. The maximum atomic E-state index is 12.2. The molecule has 0 saturated carbocycles. The fourth-order valence-corrected chi connectivity index (χ4v) is 3.16. The number of carbonyl (C=O) groups is 1. The van der Waals surface area contributed by atoms with Gasteiger partial charge in [-0.1, -0.05) is 30.2 Å². The van der Waals surface area contributed by atoms with Crippen LogP contribution in [0.4, 0.5) is 0 Å². The largest absolute Gasteiger partial charge is 0.346 e. The first-order valence-corrected chi connectivity index (χ1v) is 8.14. The maximum Gasteiger partial charge on any atom is 0.265 e. The standard InChI is InChI=1S/C14H16N4OS2/c1-9(2)12-13(21-18-17-12)14(19)16-7-11-6-10(8-20-11)4-3-5-15/h6,8-9H,5,7,15H2,1-2H3,(H,16,19). The van der Waals surface area contributed by atoms with Crippen LogP contribution in [0, 0.1) is 11.8 Å². The van der Waals surface area contributed by atoms with Crippen molar-refractivity contribution in [1.82, 2.24) is 14.9 Å². The van der Waals surface area contributed by atoms with Gasteiger partial charge in [-0.3, -0.25) is 4.79 Å². The molecular formula is C14H16N4OS2. The number of rotatable bonds is 4. The van der Waals surface area contributed by atoms with Crippen LogP contribution < -0.4 is 11.1 Å². The number of nitrogens with one attached hydrogen (secondary N) is 1. The molecule has 0 atom stereocenters. The first kappa shape index (κ1) is 15.6. The summed E-state index contributed by atoms with van der Waals surface area (Å²) in [4.78, 5) is 13.8. The fraction of sp³-hybridized carbons (Fsp3) is 0.357. The molecule has 21 heavy (non-hydrogen) atoms. The highest BCUT2D eigenvalue weighted by atomic mass is 32.1. The molecule has 0 saturated heterocycles. The molecule has 0 fully saturated rings. The number of thiophene rings is 1. The van der Waals surface area contributed by atoms with E-state index in [9.17, 15) is 4.79 Å². The minimum absolute atomic E-state index is 0.128. The van der Waals surface area contributed by atoms with Crippen LogP contribution in [0.3, 0.4) is 0 Å². The van der Waals surface area contributed by atoms with Crippen molar-refractivity contribution in [2.24, 2.45) is 5.73 Å². The number of hydrogen-bond donors (Lipinski definition) is 2. The van der Waals surface area contributed by atoms with Gasteiger partial charge in [0.15, 0.2) is 0 Å². The van der Waals surface area contributed by atoms with E-state index in [1.54, 1.807) is 11.3 Å². The van der Waals surface area contributed by atoms with E-state index in [2.05, 4.69) is 26.7 Å². The Morgan fingerprint density at radius 2 is 2.33 bits per heavy atom. The van der Waals surface area contributed by atoms with E-state index in [0.717, 1.165) is 27.7 Å². The van der Waals surface area contributed by atoms with Crippen LogP contribution in [-0.2, 0) is 6.54 Å². The van der Waals surface area contributed by atoms with Crippen LogP contribution in [0.2, 0.25) is 0 Å². The van der Waals surface area contributed by atoms with Gasteiger partial charge >= 0.3 is 0 Å². The van der Waals surface area contributed by atoms with Crippen molar-refractivity contribution >= 4 is 28.8 Å². The summed E-state index contributed by atoms with van der Waals surface area (Å²) in [5.74, 6) is 5.83. The number of carbonyl (C=O) groups excluding carboxylic acids is 1. The quantitative estimate of drug-likeness (QED) is 0.844. The summed E-state index contributed by atoms with van der Waals surface area (Å²) in [5.41, 5.74) is 7.01. The lowest BCUT2D eigenvalue weighted by molar-refractivity contribution is 0.0954. The molecule has 7 heteroatoms. The number of aromatic nitrogens is 2. The van der Waals surface area contributed by atoms with Crippen LogP contribution in [0.5, 0.6) is 0 Å². The molecule has 0 aliphatic heterocycles. The summed E-state index contributed by atoms with van der Waals surface area (Å²) in [7, 11) is 0. The second kappa shape index (κ2) is 7.31. The van der Waals surface area contributed by atoms with Crippen molar-refractivity contribution in [2.75, 3.05) is 6.54 Å². The Labute approximate surface area is 131 Å². The number of nitrogens with two attached hydrogens (primary N) is 1. The van der Waals surface area contributed by atoms with E-state index in [4.69, 9.17) is 5.73 Å². The molecule has 0 aromatic carbocycles. The van der Waals surface area contributed by atoms with E-state index in [1.165, 1.54) is 0 Å². The topological polar surface area (TPSA) is 80.9 Å². The summed E-state index contributed by atoms with van der Waals surface area (Å²) >= 11 is 2.70. The summed E-state index contributed by atoms with van der Waals surface area (Å²) in [6.45, 7) is 4.81. The molecule has 0 aliphatic rings. The van der Waals surface area contributed by atoms with E-state index in [0.29, 0.717) is 18.0 Å². The fourth-order valence-electron chi connectivity index (χ4n) is 1.67. The highest BCUT2D eigenvalue weighted by molar-refractivity contribution is 7.10. The minimum Gasteiger partial charge on any atom is -0.346 e. The van der Waals surface area contributed by atoms with Gasteiger partial charge in [0.2, 0.25) is 0 Å². The molecule has 0 aliphatic carbocycles. The zero-order chi connectivity index (χ0) is 15.2. The van der Waals surface area contributed by atoms with E-state index in [1.807, 2.05) is 25.3 Å². The maximum absolute atomic E-state index is 12.2. The van der Waals surface area contributed by atoms with Crippen molar-refractivity contribution in [3.05, 3.63) is 32.5 Å². The lowest BCUT2D eigenvalue weighted by atomic mass is 10.1. The van der Waals surface area contributed by atoms with E-state index < -0.39 is 0 Å². The molecule has 0 unspecified atom stereocenters. The molecule has 1 amide bonds. The van der Waals surface area contributed by atoms with E-state index in [-0.39, 0.29) is 11.8 Å². The first-order valence-electron chi connectivity index (χ1n) is 6.48. The van der Waals surface area contributed by atoms with Crippen LogP contribution >= 0.6 is 22.9 Å². The van der Waals surface area contributed by atoms with Crippen molar-refractivity contribution in [1.29, 1.82) is 0 Å². The zero-order valence-electron chi connectivity index (χ0n) is 11.8. The van der Waals surface area contributed by atoms with Crippen molar-refractivity contribution in [3.8, 4) is 11.8 Å². The monoisotopic (exact) mass is 320 g/mol. The highest BCUT2D eigenvalue weighted by Crippen LogP contribution is 2.20. The summed E-state index contributed by atoms with van der Waals surface area (Å²) in [5, 5.41) is 8.86. The molecule has 3 N–H and O–H groups in total. The predicted molar refractivity (Wildman–Crippen MR) is 85.4 cm³/mol. The number of amides is 1. The molecule has 110 valence electrons. The smallest absolute Gasteiger partial charge is 0.265 e. The Hall–Kier alpha value is -1.75. The van der Waals surface area contributed by atoms with Gasteiger partial charge in [0, 0.05) is 15.8 Å². The Bertz CT molecular complexity index is 678. The zero-order valence-corrected chi connectivity index (χ0v) is 13.5. The third kappa shape index (κ3) is 4.11. The molecule has 2 rings (SSSR count). The Morgan fingerprint density at radius 1 is 1.52 bits per heavy atom. The highest BCUT2D eigenvalue weighted by Gasteiger charge is 2.18. The van der Waals surface area contributed by atoms with Gasteiger partial charge in [-0.05, 0) is 23.5 Å². The molecule has 0 spiro atoms. The molecule has 2 aromatic rings. The van der Waals surface area contributed by atoms with Gasteiger partial charge in [0.25, 0.3) is 5.91 Å². The summed E-state index contributed by atoms with van der Waals surface area (Å²) in [6, 6.07) is 1.96. The van der Waals surface area contributed by atoms with Gasteiger partial charge in [-0.2, -0.15) is 0 Å². The van der Waals surface area contributed by atoms with Gasteiger partial charge in [-0.25, -0.2) is 0 Å². The number of nitrogens with zero attached hydrogens (tertiary/aromatic N) is 2. The first-order chi connectivity index (χ1) is 10.1. The second-order valence-corrected chi connectivity index (χ2v) is 6.38.